The molecule has 24 heavy (non-hydrogen) atoms. The molecule has 2 heterocycles. The molecule has 9 heteroatoms. The molecule has 1 aliphatic heterocycles. The van der Waals surface area contributed by atoms with Gasteiger partial charge in [0.1, 0.15) is 0 Å². The Kier molecular flexibility index (Phi) is 6.50. The van der Waals surface area contributed by atoms with Crippen molar-refractivity contribution in [3.8, 4) is 0 Å². The maximum absolute atomic E-state index is 12.4. The second-order valence-electron chi connectivity index (χ2n) is 5.87. The van der Waals surface area contributed by atoms with Gasteiger partial charge in [0.05, 0.1) is 12.8 Å². The van der Waals surface area contributed by atoms with Crippen molar-refractivity contribution in [1.29, 1.82) is 0 Å². The molecule has 2 rings (SSSR count). The zero-order valence-electron chi connectivity index (χ0n) is 14.3. The molecule has 1 aliphatic rings. The summed E-state index contributed by atoms with van der Waals surface area (Å²) in [6.07, 6.45) is 6.17. The van der Waals surface area contributed by atoms with E-state index in [9.17, 15) is 13.2 Å². The van der Waals surface area contributed by atoms with Gasteiger partial charge in [-0.2, -0.15) is 4.31 Å². The Morgan fingerprint density at radius 3 is 2.38 bits per heavy atom. The van der Waals surface area contributed by atoms with Crippen molar-refractivity contribution in [2.75, 3.05) is 50.4 Å². The van der Waals surface area contributed by atoms with E-state index in [0.717, 1.165) is 19.1 Å². The Hall–Kier alpha value is -1.74. The predicted octanol–water partition coefficient (Wildman–Crippen LogP) is 0.187. The van der Waals surface area contributed by atoms with E-state index in [-0.39, 0.29) is 12.5 Å². The van der Waals surface area contributed by atoms with Crippen molar-refractivity contribution in [3.63, 3.8) is 0 Å². The Morgan fingerprint density at radius 1 is 1.21 bits per heavy atom. The second-order valence-corrected chi connectivity index (χ2v) is 7.85. The summed E-state index contributed by atoms with van der Waals surface area (Å²) in [4.78, 5) is 24.6. The summed E-state index contributed by atoms with van der Waals surface area (Å²) >= 11 is 0. The van der Waals surface area contributed by atoms with Crippen LogP contribution in [0.15, 0.2) is 18.5 Å². The first kappa shape index (κ1) is 18.6. The molecule has 1 aromatic rings. The van der Waals surface area contributed by atoms with E-state index in [0.29, 0.717) is 38.7 Å². The highest BCUT2D eigenvalue weighted by molar-refractivity contribution is 7.88. The van der Waals surface area contributed by atoms with Crippen molar-refractivity contribution >= 4 is 21.9 Å². The summed E-state index contributed by atoms with van der Waals surface area (Å²) < 4.78 is 24.9. The molecule has 1 saturated heterocycles. The molecule has 0 spiro atoms. The molecule has 0 atom stereocenters. The predicted molar refractivity (Wildman–Crippen MR) is 92.1 cm³/mol. The molecule has 0 aromatic carbocycles. The van der Waals surface area contributed by atoms with Crippen LogP contribution in [0.25, 0.3) is 0 Å². The number of nitrogens with zero attached hydrogens (tertiary/aromatic N) is 5. The lowest BCUT2D eigenvalue weighted by atomic mass is 10.3. The Bertz CT molecular complexity index is 630. The molecule has 0 aliphatic carbocycles. The Labute approximate surface area is 143 Å². The van der Waals surface area contributed by atoms with Crippen molar-refractivity contribution in [1.82, 2.24) is 19.2 Å². The molecule has 0 saturated carbocycles. The van der Waals surface area contributed by atoms with Gasteiger partial charge >= 0.3 is 0 Å². The molecule has 0 unspecified atom stereocenters. The molecule has 1 amide bonds. The number of carbonyl (C=O) groups excluding carboxylic acids is 1. The Balaban J connectivity index is 1.89. The molecular weight excluding hydrogens is 330 g/mol. The van der Waals surface area contributed by atoms with E-state index in [2.05, 4.69) is 9.97 Å². The summed E-state index contributed by atoms with van der Waals surface area (Å²) in [5.74, 6) is 0.510. The molecule has 0 N–H and O–H groups in total. The maximum Gasteiger partial charge on any atom is 0.238 e. The number of hydrogen-bond donors (Lipinski definition) is 0. The first-order valence-electron chi connectivity index (χ1n) is 8.16. The van der Waals surface area contributed by atoms with Gasteiger partial charge < -0.3 is 9.80 Å². The summed E-state index contributed by atoms with van der Waals surface area (Å²) in [5.41, 5.74) is 0. The van der Waals surface area contributed by atoms with Crippen LogP contribution in [0, 0.1) is 0 Å². The number of anilines is 1. The van der Waals surface area contributed by atoms with Crippen LogP contribution >= 0.6 is 0 Å². The Morgan fingerprint density at radius 2 is 1.83 bits per heavy atom. The minimum Gasteiger partial charge on any atom is -0.338 e. The standard InChI is InChI=1S/C15H25N5O3S/c1-3-4-8-20(24(2,22)23)13-14(21)18-9-11-19(12-10-18)15-16-6-5-7-17-15/h5-7H,3-4,8-13H2,1-2H3. The first-order valence-corrected chi connectivity index (χ1v) is 10.0. The minimum absolute atomic E-state index is 0.0827. The van der Waals surface area contributed by atoms with Gasteiger partial charge in [-0.05, 0) is 12.5 Å². The average Bonchev–Trinajstić information content (AvgIpc) is 2.58. The number of carbonyl (C=O) groups is 1. The summed E-state index contributed by atoms with van der Waals surface area (Å²) in [6, 6.07) is 1.76. The third-order valence-corrected chi connectivity index (χ3v) is 5.26. The number of aromatic nitrogens is 2. The van der Waals surface area contributed by atoms with Gasteiger partial charge in [-0.25, -0.2) is 18.4 Å². The SMILES string of the molecule is CCCCN(CC(=O)N1CCN(c2ncccn2)CC1)S(C)(=O)=O. The lowest BCUT2D eigenvalue weighted by Crippen LogP contribution is -2.52. The van der Waals surface area contributed by atoms with E-state index in [1.54, 1.807) is 23.4 Å². The van der Waals surface area contributed by atoms with Crippen LogP contribution in [0.1, 0.15) is 19.8 Å². The lowest BCUT2D eigenvalue weighted by Gasteiger charge is -2.35. The normalized spacial score (nSPS) is 15.8. The van der Waals surface area contributed by atoms with Gasteiger partial charge in [-0.3, -0.25) is 4.79 Å². The fraction of sp³-hybridized carbons (Fsp3) is 0.667. The third-order valence-electron chi connectivity index (χ3n) is 4.01. The van der Waals surface area contributed by atoms with Gasteiger partial charge in [0.15, 0.2) is 0 Å². The van der Waals surface area contributed by atoms with Crippen LogP contribution in [0.4, 0.5) is 5.95 Å². The highest BCUT2D eigenvalue weighted by atomic mass is 32.2. The van der Waals surface area contributed by atoms with Gasteiger partial charge in [-0.15, -0.1) is 0 Å². The van der Waals surface area contributed by atoms with Crippen LogP contribution in [0.3, 0.4) is 0 Å². The van der Waals surface area contributed by atoms with Crippen LogP contribution in [0.2, 0.25) is 0 Å². The number of rotatable bonds is 7. The van der Waals surface area contributed by atoms with Crippen molar-refractivity contribution in [2.45, 2.75) is 19.8 Å². The number of sulfonamides is 1. The first-order chi connectivity index (χ1) is 11.4. The van der Waals surface area contributed by atoms with Gasteiger partial charge in [0.2, 0.25) is 21.9 Å². The van der Waals surface area contributed by atoms with E-state index in [1.165, 1.54) is 4.31 Å². The van der Waals surface area contributed by atoms with E-state index in [4.69, 9.17) is 0 Å². The van der Waals surface area contributed by atoms with Crippen molar-refractivity contribution < 1.29 is 13.2 Å². The number of amides is 1. The van der Waals surface area contributed by atoms with Crippen molar-refractivity contribution in [3.05, 3.63) is 18.5 Å². The zero-order chi connectivity index (χ0) is 17.6. The molecule has 1 aromatic heterocycles. The van der Waals surface area contributed by atoms with Gasteiger partial charge in [-0.1, -0.05) is 13.3 Å². The van der Waals surface area contributed by atoms with Crippen LogP contribution in [-0.2, 0) is 14.8 Å². The third kappa shape index (κ3) is 5.13. The van der Waals surface area contributed by atoms with E-state index >= 15 is 0 Å². The number of unbranched alkanes of at least 4 members (excludes halogenated alkanes) is 1. The quantitative estimate of drug-likeness (QED) is 0.694. The fourth-order valence-electron chi connectivity index (χ4n) is 2.56. The minimum atomic E-state index is -3.37. The topological polar surface area (TPSA) is 86.7 Å². The van der Waals surface area contributed by atoms with Crippen LogP contribution < -0.4 is 4.90 Å². The number of hydrogen-bond acceptors (Lipinski definition) is 6. The van der Waals surface area contributed by atoms with Crippen LogP contribution in [-0.4, -0.2) is 79.0 Å². The van der Waals surface area contributed by atoms with Crippen LogP contribution in [0.5, 0.6) is 0 Å². The molecule has 1 fully saturated rings. The highest BCUT2D eigenvalue weighted by Gasteiger charge is 2.26. The summed E-state index contributed by atoms with van der Waals surface area (Å²) in [6.45, 7) is 4.67. The monoisotopic (exact) mass is 355 g/mol. The highest BCUT2D eigenvalue weighted by Crippen LogP contribution is 2.11. The molecule has 8 nitrogen and oxygen atoms in total. The molecule has 0 radical (unpaired) electrons. The average molecular weight is 355 g/mol. The fourth-order valence-corrected chi connectivity index (χ4v) is 3.36. The molecular formula is C15H25N5O3S. The molecule has 0 bridgehead atoms. The van der Waals surface area contributed by atoms with Gasteiger partial charge in [0, 0.05) is 45.1 Å². The summed E-state index contributed by atoms with van der Waals surface area (Å²) in [7, 11) is -3.37. The van der Waals surface area contributed by atoms with Gasteiger partial charge in [0.25, 0.3) is 0 Å². The zero-order valence-corrected chi connectivity index (χ0v) is 15.1. The summed E-state index contributed by atoms with van der Waals surface area (Å²) in [5, 5.41) is 0. The lowest BCUT2D eigenvalue weighted by molar-refractivity contribution is -0.131. The van der Waals surface area contributed by atoms with E-state index < -0.39 is 10.0 Å². The van der Waals surface area contributed by atoms with E-state index in [1.807, 2.05) is 11.8 Å². The smallest absolute Gasteiger partial charge is 0.238 e. The second kappa shape index (κ2) is 8.39. The number of piperazine rings is 1. The molecule has 134 valence electrons. The van der Waals surface area contributed by atoms with Crippen molar-refractivity contribution in [2.24, 2.45) is 0 Å². The largest absolute Gasteiger partial charge is 0.338 e. The maximum atomic E-state index is 12.4.